The number of ether oxygens (including phenoxy) is 1. The van der Waals surface area contributed by atoms with E-state index in [4.69, 9.17) is 4.74 Å². The maximum absolute atomic E-state index is 12.9. The fourth-order valence-electron chi connectivity index (χ4n) is 3.89. The number of nitrogens with zero attached hydrogens (tertiary/aromatic N) is 2. The Hall–Kier alpha value is -2.61. The van der Waals surface area contributed by atoms with E-state index < -0.39 is 0 Å². The molecule has 0 spiro atoms. The summed E-state index contributed by atoms with van der Waals surface area (Å²) < 4.78 is 6.62. The summed E-state index contributed by atoms with van der Waals surface area (Å²) in [6.07, 6.45) is 2.68. The SMILES string of the molecule is Cc1nc(-c2ccc(Cc3cc(C(=O)N[C@@H]4CCCOC4)nc4ccsc34)cc2)cs1. The van der Waals surface area contributed by atoms with Crippen molar-refractivity contribution in [2.24, 2.45) is 0 Å². The smallest absolute Gasteiger partial charge is 0.270 e. The largest absolute Gasteiger partial charge is 0.379 e. The number of hydrogen-bond donors (Lipinski definition) is 1. The highest BCUT2D eigenvalue weighted by Crippen LogP contribution is 2.28. The molecule has 0 saturated carbocycles. The highest BCUT2D eigenvalue weighted by atomic mass is 32.1. The molecule has 5 nitrogen and oxygen atoms in total. The first-order chi connectivity index (χ1) is 15.2. The molecule has 1 N–H and O–H groups in total. The Morgan fingerprint density at radius 2 is 2.06 bits per heavy atom. The Balaban J connectivity index is 1.38. The van der Waals surface area contributed by atoms with Gasteiger partial charge >= 0.3 is 0 Å². The number of benzene rings is 1. The third kappa shape index (κ3) is 4.54. The molecule has 5 rings (SSSR count). The summed E-state index contributed by atoms with van der Waals surface area (Å²) in [6, 6.07) is 12.5. The van der Waals surface area contributed by atoms with Crippen molar-refractivity contribution in [1.82, 2.24) is 15.3 Å². The van der Waals surface area contributed by atoms with Crippen LogP contribution in [0.15, 0.2) is 47.2 Å². The number of pyridine rings is 1. The molecule has 1 aliphatic heterocycles. The molecular formula is C24H23N3O2S2. The molecule has 1 amide bonds. The van der Waals surface area contributed by atoms with E-state index in [1.165, 1.54) is 5.56 Å². The minimum absolute atomic E-state index is 0.0616. The number of aromatic nitrogens is 2. The maximum Gasteiger partial charge on any atom is 0.270 e. The standard InChI is InChI=1S/C24H23N3O2S2/c1-15-25-22(14-31-15)17-6-4-16(5-7-17)11-18-12-21(27-20-8-10-30-23(18)20)24(28)26-19-3-2-9-29-13-19/h4-8,10,12,14,19H,2-3,9,11,13H2,1H3,(H,26,28)/t19-/m1/s1. The van der Waals surface area contributed by atoms with Gasteiger partial charge in [-0.2, -0.15) is 0 Å². The molecule has 3 aromatic heterocycles. The van der Waals surface area contributed by atoms with Crippen LogP contribution in [0.1, 0.15) is 39.5 Å². The maximum atomic E-state index is 12.9. The van der Waals surface area contributed by atoms with Crippen molar-refractivity contribution in [1.29, 1.82) is 0 Å². The van der Waals surface area contributed by atoms with Crippen molar-refractivity contribution in [3.8, 4) is 11.3 Å². The van der Waals surface area contributed by atoms with Crippen LogP contribution < -0.4 is 5.32 Å². The average molecular weight is 450 g/mol. The summed E-state index contributed by atoms with van der Waals surface area (Å²) in [5.74, 6) is -0.126. The predicted octanol–water partition coefficient (Wildman–Crippen LogP) is 5.23. The van der Waals surface area contributed by atoms with Gasteiger partial charge in [0.25, 0.3) is 5.91 Å². The second-order valence-corrected chi connectivity index (χ2v) is 9.79. The summed E-state index contributed by atoms with van der Waals surface area (Å²) >= 11 is 3.33. The van der Waals surface area contributed by atoms with E-state index in [0.29, 0.717) is 12.3 Å². The average Bonchev–Trinajstić information content (AvgIpc) is 3.44. The summed E-state index contributed by atoms with van der Waals surface area (Å²) in [7, 11) is 0. The lowest BCUT2D eigenvalue weighted by atomic mass is 10.0. The minimum atomic E-state index is -0.126. The molecule has 7 heteroatoms. The van der Waals surface area contributed by atoms with Gasteiger partial charge in [0.2, 0.25) is 0 Å². The van der Waals surface area contributed by atoms with E-state index in [1.54, 1.807) is 22.7 Å². The fraction of sp³-hybridized carbons (Fsp3) is 0.292. The number of thiophene rings is 1. The lowest BCUT2D eigenvalue weighted by molar-refractivity contribution is 0.0622. The van der Waals surface area contributed by atoms with Gasteiger partial charge in [-0.3, -0.25) is 4.79 Å². The molecule has 1 atom stereocenters. The van der Waals surface area contributed by atoms with Crippen molar-refractivity contribution in [3.63, 3.8) is 0 Å². The number of fused-ring (bicyclic) bond motifs is 1. The second-order valence-electron chi connectivity index (χ2n) is 7.81. The van der Waals surface area contributed by atoms with Gasteiger partial charge in [0.05, 0.1) is 33.6 Å². The first kappa shape index (κ1) is 20.3. The van der Waals surface area contributed by atoms with Crippen LogP contribution >= 0.6 is 22.7 Å². The zero-order valence-corrected chi connectivity index (χ0v) is 18.9. The molecule has 1 aromatic carbocycles. The van der Waals surface area contributed by atoms with Crippen LogP contribution in [0.3, 0.4) is 0 Å². The van der Waals surface area contributed by atoms with Crippen molar-refractivity contribution in [2.75, 3.05) is 13.2 Å². The third-order valence-electron chi connectivity index (χ3n) is 5.48. The highest BCUT2D eigenvalue weighted by molar-refractivity contribution is 7.17. The van der Waals surface area contributed by atoms with Crippen molar-refractivity contribution in [3.05, 3.63) is 69.0 Å². The van der Waals surface area contributed by atoms with Gasteiger partial charge in [0.1, 0.15) is 5.69 Å². The van der Waals surface area contributed by atoms with Gasteiger partial charge in [-0.25, -0.2) is 9.97 Å². The number of amides is 1. The predicted molar refractivity (Wildman–Crippen MR) is 126 cm³/mol. The number of thiazole rings is 1. The first-order valence-electron chi connectivity index (χ1n) is 10.4. The zero-order valence-electron chi connectivity index (χ0n) is 17.3. The Kier molecular flexibility index (Phi) is 5.80. The van der Waals surface area contributed by atoms with E-state index >= 15 is 0 Å². The van der Waals surface area contributed by atoms with Crippen molar-refractivity contribution < 1.29 is 9.53 Å². The molecule has 1 saturated heterocycles. The molecule has 1 aliphatic rings. The number of carbonyl (C=O) groups is 1. The molecule has 158 valence electrons. The van der Waals surface area contributed by atoms with Gasteiger partial charge in [-0.15, -0.1) is 22.7 Å². The molecule has 0 bridgehead atoms. The Labute approximate surface area is 189 Å². The van der Waals surface area contributed by atoms with Gasteiger partial charge < -0.3 is 10.1 Å². The molecule has 4 heterocycles. The van der Waals surface area contributed by atoms with E-state index in [2.05, 4.69) is 44.9 Å². The van der Waals surface area contributed by atoms with Crippen molar-refractivity contribution >= 4 is 38.8 Å². The minimum Gasteiger partial charge on any atom is -0.379 e. The molecule has 1 fully saturated rings. The lowest BCUT2D eigenvalue weighted by Crippen LogP contribution is -2.40. The van der Waals surface area contributed by atoms with Crippen LogP contribution in [0.4, 0.5) is 0 Å². The van der Waals surface area contributed by atoms with E-state index in [-0.39, 0.29) is 11.9 Å². The molecule has 31 heavy (non-hydrogen) atoms. The summed E-state index contributed by atoms with van der Waals surface area (Å²) in [4.78, 5) is 22.0. The molecular weight excluding hydrogens is 426 g/mol. The van der Waals surface area contributed by atoms with Gasteiger partial charge in [0, 0.05) is 17.6 Å². The molecule has 4 aromatic rings. The molecule has 0 radical (unpaired) electrons. The van der Waals surface area contributed by atoms with E-state index in [0.717, 1.165) is 57.9 Å². The number of hydrogen-bond acceptors (Lipinski definition) is 6. The van der Waals surface area contributed by atoms with E-state index in [9.17, 15) is 4.79 Å². The van der Waals surface area contributed by atoms with Gasteiger partial charge in [-0.05, 0) is 54.8 Å². The quantitative estimate of drug-likeness (QED) is 0.453. The number of nitrogens with one attached hydrogen (secondary N) is 1. The normalized spacial score (nSPS) is 16.5. The summed E-state index contributed by atoms with van der Waals surface area (Å²) in [5, 5.41) is 8.27. The number of aryl methyl sites for hydroxylation is 1. The molecule has 0 aliphatic carbocycles. The van der Waals surface area contributed by atoms with Gasteiger partial charge in [-0.1, -0.05) is 24.3 Å². The Morgan fingerprint density at radius 1 is 1.19 bits per heavy atom. The monoisotopic (exact) mass is 449 g/mol. The summed E-state index contributed by atoms with van der Waals surface area (Å²) in [5.41, 5.74) is 5.82. The number of carbonyl (C=O) groups excluding carboxylic acids is 1. The van der Waals surface area contributed by atoms with Crippen molar-refractivity contribution in [2.45, 2.75) is 32.2 Å². The molecule has 0 unspecified atom stereocenters. The zero-order chi connectivity index (χ0) is 21.2. The summed E-state index contributed by atoms with van der Waals surface area (Å²) in [6.45, 7) is 3.37. The third-order valence-corrected chi connectivity index (χ3v) is 7.23. The Morgan fingerprint density at radius 3 is 2.81 bits per heavy atom. The van der Waals surface area contributed by atoms with Crippen LogP contribution in [-0.4, -0.2) is 35.1 Å². The van der Waals surface area contributed by atoms with Crippen LogP contribution in [0, 0.1) is 6.92 Å². The lowest BCUT2D eigenvalue weighted by Gasteiger charge is -2.23. The van der Waals surface area contributed by atoms with Crippen LogP contribution in [0.2, 0.25) is 0 Å². The van der Waals surface area contributed by atoms with Crippen LogP contribution in [-0.2, 0) is 11.2 Å². The van der Waals surface area contributed by atoms with Crippen LogP contribution in [0.25, 0.3) is 21.5 Å². The van der Waals surface area contributed by atoms with Crippen LogP contribution in [0.5, 0.6) is 0 Å². The number of rotatable bonds is 5. The second kappa shape index (κ2) is 8.86. The van der Waals surface area contributed by atoms with Gasteiger partial charge in [0.15, 0.2) is 0 Å². The fourth-order valence-corrected chi connectivity index (χ4v) is 5.37. The Bertz CT molecular complexity index is 1210. The highest BCUT2D eigenvalue weighted by Gasteiger charge is 2.19. The topological polar surface area (TPSA) is 64.1 Å². The van der Waals surface area contributed by atoms with E-state index in [1.807, 2.05) is 24.4 Å². The first-order valence-corrected chi connectivity index (χ1v) is 12.2.